The second kappa shape index (κ2) is 6.54. The first-order chi connectivity index (χ1) is 9.53. The molecule has 0 amide bonds. The van der Waals surface area contributed by atoms with E-state index in [4.69, 9.17) is 0 Å². The highest BCUT2D eigenvalue weighted by Gasteiger charge is 2.25. The van der Waals surface area contributed by atoms with Crippen LogP contribution in [0.1, 0.15) is 39.0 Å². The van der Waals surface area contributed by atoms with Gasteiger partial charge in [0.1, 0.15) is 0 Å². The van der Waals surface area contributed by atoms with Crippen LogP contribution in [0.2, 0.25) is 0 Å². The topological polar surface area (TPSA) is 71.1 Å². The third-order valence-electron chi connectivity index (χ3n) is 3.87. The maximum absolute atomic E-state index is 12.5. The van der Waals surface area contributed by atoms with Crippen LogP contribution in [0.3, 0.4) is 0 Å². The summed E-state index contributed by atoms with van der Waals surface area (Å²) in [5.41, 5.74) is 0.530. The summed E-state index contributed by atoms with van der Waals surface area (Å²) >= 11 is 0. The van der Waals surface area contributed by atoms with Gasteiger partial charge < -0.3 is 5.32 Å². The van der Waals surface area contributed by atoms with Gasteiger partial charge in [-0.1, -0.05) is 19.8 Å². The highest BCUT2D eigenvalue weighted by Crippen LogP contribution is 2.24. The van der Waals surface area contributed by atoms with Gasteiger partial charge in [-0.25, -0.2) is 18.1 Å². The molecule has 1 aromatic heterocycles. The Morgan fingerprint density at radius 1 is 1.25 bits per heavy atom. The molecule has 1 fully saturated rings. The van der Waals surface area contributed by atoms with E-state index in [9.17, 15) is 8.42 Å². The number of aromatic nitrogens is 1. The van der Waals surface area contributed by atoms with E-state index in [2.05, 4.69) is 21.9 Å². The second-order valence-corrected chi connectivity index (χ2v) is 7.17. The van der Waals surface area contributed by atoms with Crippen LogP contribution in [0.25, 0.3) is 0 Å². The van der Waals surface area contributed by atoms with E-state index in [-0.39, 0.29) is 11.1 Å². The summed E-state index contributed by atoms with van der Waals surface area (Å²) in [4.78, 5) is 4.01. The summed E-state index contributed by atoms with van der Waals surface area (Å²) in [6.45, 7) is 2.23. The fourth-order valence-electron chi connectivity index (χ4n) is 2.68. The van der Waals surface area contributed by atoms with Crippen molar-refractivity contribution in [3.8, 4) is 0 Å². The van der Waals surface area contributed by atoms with Crippen molar-refractivity contribution in [2.75, 3.05) is 12.4 Å². The first-order valence-corrected chi connectivity index (χ1v) is 8.66. The van der Waals surface area contributed by atoms with Gasteiger partial charge in [0.2, 0.25) is 0 Å². The van der Waals surface area contributed by atoms with E-state index in [1.807, 2.05) is 0 Å². The summed E-state index contributed by atoms with van der Waals surface area (Å²) < 4.78 is 27.7. The van der Waals surface area contributed by atoms with Crippen molar-refractivity contribution in [1.82, 2.24) is 9.71 Å². The third-order valence-corrected chi connectivity index (χ3v) is 5.35. The first-order valence-electron chi connectivity index (χ1n) is 7.18. The van der Waals surface area contributed by atoms with Crippen molar-refractivity contribution in [3.05, 3.63) is 18.3 Å². The monoisotopic (exact) mass is 297 g/mol. The minimum atomic E-state index is -3.56. The van der Waals surface area contributed by atoms with E-state index in [1.165, 1.54) is 12.6 Å². The number of pyridine rings is 1. The van der Waals surface area contributed by atoms with Crippen molar-refractivity contribution < 1.29 is 8.42 Å². The molecule has 1 saturated carbocycles. The fraction of sp³-hybridized carbons (Fsp3) is 0.643. The number of rotatable bonds is 4. The van der Waals surface area contributed by atoms with Crippen molar-refractivity contribution in [2.24, 2.45) is 5.92 Å². The highest BCUT2D eigenvalue weighted by molar-refractivity contribution is 7.89. The van der Waals surface area contributed by atoms with Gasteiger partial charge in [-0.2, -0.15) is 0 Å². The SMILES string of the molecule is CNc1cccnc1S(=O)(=O)NC1CCCC(C)CC1. The average Bonchev–Trinajstić information content (AvgIpc) is 2.63. The normalized spacial score (nSPS) is 24.1. The van der Waals surface area contributed by atoms with Gasteiger partial charge in [0.05, 0.1) is 5.69 Å². The summed E-state index contributed by atoms with van der Waals surface area (Å²) in [5.74, 6) is 0.687. The van der Waals surface area contributed by atoms with Crippen molar-refractivity contribution >= 4 is 15.7 Å². The third kappa shape index (κ3) is 3.70. The van der Waals surface area contributed by atoms with Gasteiger partial charge >= 0.3 is 0 Å². The molecule has 1 aromatic rings. The van der Waals surface area contributed by atoms with E-state index in [1.54, 1.807) is 19.2 Å². The lowest BCUT2D eigenvalue weighted by Crippen LogP contribution is -2.35. The Kier molecular flexibility index (Phi) is 4.99. The Morgan fingerprint density at radius 2 is 2.05 bits per heavy atom. The maximum atomic E-state index is 12.5. The molecule has 0 saturated heterocycles. The zero-order chi connectivity index (χ0) is 14.6. The molecule has 2 N–H and O–H groups in total. The molecule has 6 heteroatoms. The molecule has 5 nitrogen and oxygen atoms in total. The molecule has 2 rings (SSSR count). The molecule has 0 radical (unpaired) electrons. The predicted octanol–water partition coefficient (Wildman–Crippen LogP) is 2.37. The number of nitrogens with one attached hydrogen (secondary N) is 2. The number of sulfonamides is 1. The van der Waals surface area contributed by atoms with Crippen LogP contribution < -0.4 is 10.0 Å². The lowest BCUT2D eigenvalue weighted by Gasteiger charge is -2.17. The molecular weight excluding hydrogens is 274 g/mol. The number of anilines is 1. The maximum Gasteiger partial charge on any atom is 0.260 e. The highest BCUT2D eigenvalue weighted by atomic mass is 32.2. The van der Waals surface area contributed by atoms with Gasteiger partial charge in [0.15, 0.2) is 5.03 Å². The van der Waals surface area contributed by atoms with E-state index in [0.717, 1.165) is 25.7 Å². The summed E-state index contributed by atoms with van der Waals surface area (Å²) in [7, 11) is -1.86. The zero-order valence-electron chi connectivity index (χ0n) is 12.1. The molecule has 0 aromatic carbocycles. The van der Waals surface area contributed by atoms with Crippen LogP contribution in [-0.2, 0) is 10.0 Å². The minimum absolute atomic E-state index is 0.0247. The summed E-state index contributed by atoms with van der Waals surface area (Å²) in [5, 5.41) is 2.96. The van der Waals surface area contributed by atoms with Gasteiger partial charge in [0.25, 0.3) is 10.0 Å². The van der Waals surface area contributed by atoms with Crippen LogP contribution in [0.5, 0.6) is 0 Å². The van der Waals surface area contributed by atoms with Crippen LogP contribution in [0.4, 0.5) is 5.69 Å². The molecule has 1 heterocycles. The molecule has 0 aliphatic heterocycles. The van der Waals surface area contributed by atoms with Gasteiger partial charge in [-0.3, -0.25) is 0 Å². The molecule has 1 aliphatic rings. The average molecular weight is 297 g/mol. The van der Waals surface area contributed by atoms with E-state index >= 15 is 0 Å². The molecule has 0 bridgehead atoms. The van der Waals surface area contributed by atoms with Gasteiger partial charge in [-0.05, 0) is 37.3 Å². The Bertz CT molecular complexity index is 545. The van der Waals surface area contributed by atoms with E-state index in [0.29, 0.717) is 11.6 Å². The van der Waals surface area contributed by atoms with Crippen molar-refractivity contribution in [2.45, 2.75) is 50.1 Å². The summed E-state index contributed by atoms with van der Waals surface area (Å²) in [6.07, 6.45) is 6.66. The molecular formula is C14H23N3O2S. The standard InChI is InChI=1S/C14H23N3O2S/c1-11-5-3-6-12(9-8-11)17-20(18,19)14-13(15-2)7-4-10-16-14/h4,7,10-12,15,17H,3,5-6,8-9H2,1-2H3. The number of hydrogen-bond donors (Lipinski definition) is 2. The smallest absolute Gasteiger partial charge is 0.260 e. The molecule has 2 unspecified atom stereocenters. The molecule has 2 atom stereocenters. The van der Waals surface area contributed by atoms with Crippen LogP contribution in [-0.4, -0.2) is 26.5 Å². The van der Waals surface area contributed by atoms with Gasteiger partial charge in [0, 0.05) is 19.3 Å². The molecule has 1 aliphatic carbocycles. The lowest BCUT2D eigenvalue weighted by atomic mass is 10.0. The van der Waals surface area contributed by atoms with Crippen molar-refractivity contribution in [1.29, 1.82) is 0 Å². The Hall–Kier alpha value is -1.14. The second-order valence-electron chi connectivity index (χ2n) is 5.54. The Balaban J connectivity index is 2.14. The summed E-state index contributed by atoms with van der Waals surface area (Å²) in [6, 6.07) is 3.46. The lowest BCUT2D eigenvalue weighted by molar-refractivity contribution is 0.484. The number of hydrogen-bond acceptors (Lipinski definition) is 4. The zero-order valence-corrected chi connectivity index (χ0v) is 12.9. The van der Waals surface area contributed by atoms with E-state index < -0.39 is 10.0 Å². The van der Waals surface area contributed by atoms with Crippen LogP contribution >= 0.6 is 0 Å². The quantitative estimate of drug-likeness (QED) is 0.837. The van der Waals surface area contributed by atoms with Crippen LogP contribution in [0.15, 0.2) is 23.4 Å². The Morgan fingerprint density at radius 3 is 2.80 bits per heavy atom. The van der Waals surface area contributed by atoms with Crippen LogP contribution in [0, 0.1) is 5.92 Å². The number of nitrogens with zero attached hydrogens (tertiary/aromatic N) is 1. The minimum Gasteiger partial charge on any atom is -0.386 e. The molecule has 20 heavy (non-hydrogen) atoms. The largest absolute Gasteiger partial charge is 0.386 e. The Labute approximate surface area is 121 Å². The predicted molar refractivity (Wildman–Crippen MR) is 80.1 cm³/mol. The first kappa shape index (κ1) is 15.3. The molecule has 0 spiro atoms. The van der Waals surface area contributed by atoms with Crippen molar-refractivity contribution in [3.63, 3.8) is 0 Å². The van der Waals surface area contributed by atoms with Gasteiger partial charge in [-0.15, -0.1) is 0 Å². The fourth-order valence-corrected chi connectivity index (χ4v) is 4.12. The molecule has 112 valence electrons.